The van der Waals surface area contributed by atoms with Crippen molar-refractivity contribution in [1.82, 2.24) is 9.97 Å². The Labute approximate surface area is 120 Å². The number of hydrogen-bond acceptors (Lipinski definition) is 4. The molecule has 0 saturated carbocycles. The highest BCUT2D eigenvalue weighted by molar-refractivity contribution is 6.70. The third kappa shape index (κ3) is 3.99. The van der Waals surface area contributed by atoms with Gasteiger partial charge in [0.25, 0.3) is 0 Å². The summed E-state index contributed by atoms with van der Waals surface area (Å²) >= 11 is 0. The normalized spacial score (nSPS) is 11.8. The average molecular weight is 285 g/mol. The Morgan fingerprint density at radius 1 is 1.10 bits per heavy atom. The Bertz CT molecular complexity index is 606. The van der Waals surface area contributed by atoms with E-state index in [9.17, 15) is 0 Å². The van der Waals surface area contributed by atoms with Crippen molar-refractivity contribution in [3.05, 3.63) is 48.0 Å². The predicted octanol–water partition coefficient (Wildman–Crippen LogP) is 3.75. The molecular weight excluding hydrogens is 266 g/mol. The molecule has 0 amide bonds. The Morgan fingerprint density at radius 2 is 1.80 bits per heavy atom. The van der Waals surface area contributed by atoms with E-state index in [-0.39, 0.29) is 0 Å². The van der Waals surface area contributed by atoms with Gasteiger partial charge < -0.3 is 4.43 Å². The molecule has 0 atom stereocenters. The highest BCUT2D eigenvalue weighted by Gasteiger charge is 2.18. The van der Waals surface area contributed by atoms with Gasteiger partial charge in [0.2, 0.25) is 8.32 Å². The highest BCUT2D eigenvalue weighted by atomic mass is 28.4. The van der Waals surface area contributed by atoms with E-state index in [2.05, 4.69) is 34.6 Å². The minimum absolute atomic E-state index is 0.592. The van der Waals surface area contributed by atoms with Crippen LogP contribution in [0.2, 0.25) is 19.6 Å². The molecule has 0 aliphatic heterocycles. The van der Waals surface area contributed by atoms with Crippen molar-refractivity contribution in [2.75, 3.05) is 0 Å². The Morgan fingerprint density at radius 3 is 2.45 bits per heavy atom. The van der Waals surface area contributed by atoms with Gasteiger partial charge >= 0.3 is 0 Å². The average Bonchev–Trinajstić information content (AvgIpc) is 2.37. The quantitative estimate of drug-likeness (QED) is 0.635. The fraction of sp³-hybridized carbons (Fsp3) is 0.267. The van der Waals surface area contributed by atoms with Crippen LogP contribution in [-0.2, 0) is 0 Å². The molecule has 2 rings (SSSR count). The van der Waals surface area contributed by atoms with Crippen LogP contribution < -0.4 is 4.43 Å². The summed E-state index contributed by atoms with van der Waals surface area (Å²) in [6, 6.07) is 7.76. The van der Waals surface area contributed by atoms with E-state index in [4.69, 9.17) is 4.43 Å². The van der Waals surface area contributed by atoms with Crippen LogP contribution in [0.25, 0.3) is 0 Å². The van der Waals surface area contributed by atoms with Crippen molar-refractivity contribution in [3.8, 4) is 5.75 Å². The number of rotatable bonds is 4. The lowest BCUT2D eigenvalue weighted by Gasteiger charge is -2.21. The third-order valence-electron chi connectivity index (χ3n) is 2.51. The molecule has 1 aromatic heterocycles. The lowest BCUT2D eigenvalue weighted by atomic mass is 10.2. The van der Waals surface area contributed by atoms with Crippen molar-refractivity contribution in [2.45, 2.75) is 26.6 Å². The summed E-state index contributed by atoms with van der Waals surface area (Å²) in [7, 11) is -1.67. The SMILES string of the molecule is Cc1cccc(O[Si](C)(C)C)c1N=Cc1ncccn1. The van der Waals surface area contributed by atoms with Gasteiger partial charge in [-0.25, -0.2) is 15.0 Å². The number of nitrogens with zero attached hydrogens (tertiary/aromatic N) is 3. The molecule has 1 heterocycles. The highest BCUT2D eigenvalue weighted by Crippen LogP contribution is 2.32. The van der Waals surface area contributed by atoms with E-state index in [1.807, 2.05) is 25.1 Å². The summed E-state index contributed by atoms with van der Waals surface area (Å²) in [5.41, 5.74) is 1.93. The van der Waals surface area contributed by atoms with Crippen LogP contribution in [-0.4, -0.2) is 24.5 Å². The molecule has 0 bridgehead atoms. The second-order valence-electron chi connectivity index (χ2n) is 5.50. The molecule has 20 heavy (non-hydrogen) atoms. The van der Waals surface area contributed by atoms with E-state index in [0.29, 0.717) is 5.82 Å². The number of aliphatic imine (C=N–C) groups is 1. The molecule has 0 N–H and O–H groups in total. The summed E-state index contributed by atoms with van der Waals surface area (Å²) in [6.45, 7) is 8.49. The van der Waals surface area contributed by atoms with E-state index in [0.717, 1.165) is 17.0 Å². The molecule has 0 aliphatic rings. The Hall–Kier alpha value is -2.01. The maximum absolute atomic E-state index is 6.09. The fourth-order valence-corrected chi connectivity index (χ4v) is 2.53. The maximum Gasteiger partial charge on any atom is 0.242 e. The molecule has 0 radical (unpaired) electrons. The monoisotopic (exact) mass is 285 g/mol. The fourth-order valence-electron chi connectivity index (χ4n) is 1.71. The number of aryl methyl sites for hydroxylation is 1. The number of aromatic nitrogens is 2. The predicted molar refractivity (Wildman–Crippen MR) is 84.4 cm³/mol. The van der Waals surface area contributed by atoms with Gasteiger partial charge in [0.1, 0.15) is 11.4 Å². The smallest absolute Gasteiger partial charge is 0.242 e. The molecule has 4 nitrogen and oxygen atoms in total. The molecule has 0 aliphatic carbocycles. The Balaban J connectivity index is 2.33. The molecular formula is C15H19N3OSi. The van der Waals surface area contributed by atoms with Crippen LogP contribution in [0.1, 0.15) is 11.4 Å². The molecule has 0 fully saturated rings. The van der Waals surface area contributed by atoms with E-state index >= 15 is 0 Å². The van der Waals surface area contributed by atoms with Gasteiger partial charge in [-0.15, -0.1) is 0 Å². The first-order valence-electron chi connectivity index (χ1n) is 6.55. The van der Waals surface area contributed by atoms with Crippen molar-refractivity contribution < 1.29 is 4.43 Å². The van der Waals surface area contributed by atoms with Gasteiger partial charge in [0.15, 0.2) is 5.82 Å². The standard InChI is InChI=1S/C15H19N3OSi/c1-12-7-5-8-13(19-20(2,3)4)15(12)18-11-14-16-9-6-10-17-14/h5-11H,1-4H3. The van der Waals surface area contributed by atoms with Crippen molar-refractivity contribution in [3.63, 3.8) is 0 Å². The van der Waals surface area contributed by atoms with Crippen LogP contribution in [0.15, 0.2) is 41.7 Å². The molecule has 2 aromatic rings. The molecule has 0 saturated heterocycles. The van der Waals surface area contributed by atoms with Crippen LogP contribution in [0.5, 0.6) is 5.75 Å². The van der Waals surface area contributed by atoms with Crippen LogP contribution in [0, 0.1) is 6.92 Å². The van der Waals surface area contributed by atoms with E-state index < -0.39 is 8.32 Å². The van der Waals surface area contributed by atoms with Gasteiger partial charge in [0, 0.05) is 12.4 Å². The van der Waals surface area contributed by atoms with Crippen LogP contribution in [0.4, 0.5) is 5.69 Å². The summed E-state index contributed by atoms with van der Waals surface area (Å²) in [5, 5.41) is 0. The minimum Gasteiger partial charge on any atom is -0.543 e. The first-order valence-corrected chi connectivity index (χ1v) is 9.96. The van der Waals surface area contributed by atoms with E-state index in [1.54, 1.807) is 24.7 Å². The van der Waals surface area contributed by atoms with Gasteiger partial charge in [-0.3, -0.25) is 0 Å². The minimum atomic E-state index is -1.67. The van der Waals surface area contributed by atoms with Crippen molar-refractivity contribution in [2.24, 2.45) is 4.99 Å². The lowest BCUT2D eigenvalue weighted by Crippen LogP contribution is -2.29. The van der Waals surface area contributed by atoms with Gasteiger partial charge in [-0.2, -0.15) is 0 Å². The van der Waals surface area contributed by atoms with Gasteiger partial charge in [-0.1, -0.05) is 12.1 Å². The number of hydrogen-bond donors (Lipinski definition) is 0. The second-order valence-corrected chi connectivity index (χ2v) is 9.93. The molecule has 1 aromatic carbocycles. The zero-order valence-electron chi connectivity index (χ0n) is 12.3. The van der Waals surface area contributed by atoms with Crippen LogP contribution >= 0.6 is 0 Å². The molecule has 104 valence electrons. The second kappa shape index (κ2) is 5.96. The Kier molecular flexibility index (Phi) is 4.29. The maximum atomic E-state index is 6.09. The molecule has 5 heteroatoms. The zero-order valence-corrected chi connectivity index (χ0v) is 13.3. The first kappa shape index (κ1) is 14.4. The molecule has 0 unspecified atom stereocenters. The topological polar surface area (TPSA) is 47.4 Å². The third-order valence-corrected chi connectivity index (χ3v) is 3.34. The van der Waals surface area contributed by atoms with Crippen molar-refractivity contribution in [1.29, 1.82) is 0 Å². The summed E-state index contributed by atoms with van der Waals surface area (Å²) in [5.74, 6) is 1.42. The number of para-hydroxylation sites is 1. The van der Waals surface area contributed by atoms with Gasteiger partial charge in [-0.05, 0) is 44.3 Å². The summed E-state index contributed by atoms with van der Waals surface area (Å²) in [6.07, 6.45) is 5.07. The lowest BCUT2D eigenvalue weighted by molar-refractivity contribution is 0.558. The van der Waals surface area contributed by atoms with Gasteiger partial charge in [0.05, 0.1) is 6.21 Å². The largest absolute Gasteiger partial charge is 0.543 e. The zero-order chi connectivity index (χ0) is 14.6. The molecule has 0 spiro atoms. The summed E-state index contributed by atoms with van der Waals surface area (Å²) < 4.78 is 6.09. The van der Waals surface area contributed by atoms with Crippen molar-refractivity contribution >= 4 is 20.2 Å². The van der Waals surface area contributed by atoms with Crippen LogP contribution in [0.3, 0.4) is 0 Å². The van der Waals surface area contributed by atoms with E-state index in [1.165, 1.54) is 0 Å². The summed E-state index contributed by atoms with van der Waals surface area (Å²) in [4.78, 5) is 12.8. The number of benzene rings is 1. The first-order chi connectivity index (χ1) is 9.46.